The lowest BCUT2D eigenvalue weighted by Crippen LogP contribution is -2.38. The summed E-state index contributed by atoms with van der Waals surface area (Å²) in [6.45, 7) is 0. The molecular formula is C10H8ClN2O2S-. The van der Waals surface area contributed by atoms with Crippen molar-refractivity contribution in [1.82, 2.24) is 0 Å². The number of hydrogen-bond acceptors (Lipinski definition) is 4. The summed E-state index contributed by atoms with van der Waals surface area (Å²) >= 11 is 7.25. The fourth-order valence-corrected chi connectivity index (χ4v) is 2.03. The molecule has 1 aromatic carbocycles. The van der Waals surface area contributed by atoms with Crippen LogP contribution in [-0.4, -0.2) is 18.9 Å². The Labute approximate surface area is 102 Å². The zero-order valence-electron chi connectivity index (χ0n) is 8.44. The van der Waals surface area contributed by atoms with Gasteiger partial charge in [-0.2, -0.15) is 5.26 Å². The van der Waals surface area contributed by atoms with E-state index in [9.17, 15) is 9.90 Å². The highest BCUT2D eigenvalue weighted by Crippen LogP contribution is 2.29. The van der Waals surface area contributed by atoms with Gasteiger partial charge in [0.1, 0.15) is 6.09 Å². The minimum atomic E-state index is -1.32. The van der Waals surface area contributed by atoms with Crippen molar-refractivity contribution in [3.63, 3.8) is 0 Å². The van der Waals surface area contributed by atoms with E-state index in [1.54, 1.807) is 18.2 Å². The molecule has 1 rings (SSSR count). The Kier molecular flexibility index (Phi) is 4.47. The molecule has 0 heterocycles. The minimum Gasteiger partial charge on any atom is -0.530 e. The van der Waals surface area contributed by atoms with Crippen LogP contribution in [0.1, 0.15) is 0 Å². The summed E-state index contributed by atoms with van der Waals surface area (Å²) in [5.41, 5.74) is 0.364. The second-order valence-corrected chi connectivity index (χ2v) is 4.34. The summed E-state index contributed by atoms with van der Waals surface area (Å²) in [7, 11) is 1.36. The van der Waals surface area contributed by atoms with E-state index >= 15 is 0 Å². The van der Waals surface area contributed by atoms with Crippen LogP contribution in [0.15, 0.2) is 23.1 Å². The van der Waals surface area contributed by atoms with E-state index in [1.165, 1.54) is 18.8 Å². The largest absolute Gasteiger partial charge is 0.530 e. The van der Waals surface area contributed by atoms with Crippen LogP contribution in [0.4, 0.5) is 10.5 Å². The predicted molar refractivity (Wildman–Crippen MR) is 61.6 cm³/mol. The molecule has 0 aromatic heterocycles. The van der Waals surface area contributed by atoms with Gasteiger partial charge in [-0.15, -0.1) is 11.8 Å². The Balaban J connectivity index is 2.92. The number of carboxylic acid groups (broad SMARTS) is 1. The first-order valence-corrected chi connectivity index (χ1v) is 5.66. The molecule has 0 unspecified atom stereocenters. The van der Waals surface area contributed by atoms with Crippen LogP contribution in [0.5, 0.6) is 0 Å². The van der Waals surface area contributed by atoms with Gasteiger partial charge < -0.3 is 14.8 Å². The van der Waals surface area contributed by atoms with Crippen molar-refractivity contribution in [2.45, 2.75) is 4.90 Å². The average molecular weight is 256 g/mol. The van der Waals surface area contributed by atoms with Gasteiger partial charge in [0.25, 0.3) is 0 Å². The molecular weight excluding hydrogens is 248 g/mol. The standard InChI is InChI=1S/C10H9ClN2O2S/c1-13(10(14)15)9-3-2-7(6-8(9)11)16-5-4-12/h2-3,6H,5H2,1H3,(H,14,15)/p-1. The Morgan fingerprint density at radius 2 is 2.38 bits per heavy atom. The average Bonchev–Trinajstić information content (AvgIpc) is 2.25. The summed E-state index contributed by atoms with van der Waals surface area (Å²) in [4.78, 5) is 12.4. The topological polar surface area (TPSA) is 67.2 Å². The van der Waals surface area contributed by atoms with Crippen molar-refractivity contribution < 1.29 is 9.90 Å². The second-order valence-electron chi connectivity index (χ2n) is 2.88. The van der Waals surface area contributed by atoms with E-state index in [2.05, 4.69) is 0 Å². The van der Waals surface area contributed by atoms with Gasteiger partial charge in [0, 0.05) is 11.9 Å². The van der Waals surface area contributed by atoms with Crippen LogP contribution < -0.4 is 10.0 Å². The summed E-state index contributed by atoms with van der Waals surface area (Å²) in [5, 5.41) is 19.3. The van der Waals surface area contributed by atoms with E-state index in [4.69, 9.17) is 16.9 Å². The van der Waals surface area contributed by atoms with Gasteiger partial charge in [-0.3, -0.25) is 0 Å². The van der Waals surface area contributed by atoms with Gasteiger partial charge in [0.15, 0.2) is 0 Å². The number of thioether (sulfide) groups is 1. The lowest BCUT2D eigenvalue weighted by atomic mass is 10.3. The molecule has 0 aliphatic carbocycles. The summed E-state index contributed by atoms with van der Waals surface area (Å²) < 4.78 is 0. The number of nitrogens with zero attached hydrogens (tertiary/aromatic N) is 2. The molecule has 0 saturated heterocycles. The monoisotopic (exact) mass is 255 g/mol. The molecule has 0 fully saturated rings. The number of carbonyl (C=O) groups is 1. The lowest BCUT2D eigenvalue weighted by molar-refractivity contribution is -0.246. The smallest absolute Gasteiger partial charge is 0.141 e. The molecule has 1 aromatic rings. The first-order chi connectivity index (χ1) is 7.56. The number of amides is 1. The highest BCUT2D eigenvalue weighted by atomic mass is 35.5. The molecule has 0 saturated carbocycles. The van der Waals surface area contributed by atoms with Gasteiger partial charge in [-0.25, -0.2) is 0 Å². The number of halogens is 1. The third-order valence-corrected chi connectivity index (χ3v) is 3.02. The predicted octanol–water partition coefficient (Wildman–Crippen LogP) is 1.74. The minimum absolute atomic E-state index is 0.314. The van der Waals surface area contributed by atoms with E-state index in [-0.39, 0.29) is 0 Å². The molecule has 16 heavy (non-hydrogen) atoms. The fourth-order valence-electron chi connectivity index (χ4n) is 1.06. The van der Waals surface area contributed by atoms with Gasteiger partial charge >= 0.3 is 0 Å². The number of anilines is 1. The van der Waals surface area contributed by atoms with E-state index in [1.807, 2.05) is 6.07 Å². The number of benzene rings is 1. The zero-order valence-corrected chi connectivity index (χ0v) is 10.0. The van der Waals surface area contributed by atoms with Crippen molar-refractivity contribution in [2.24, 2.45) is 0 Å². The molecule has 0 spiro atoms. The van der Waals surface area contributed by atoms with E-state index < -0.39 is 6.09 Å². The molecule has 84 valence electrons. The normalized spacial score (nSPS) is 9.56. The number of rotatable bonds is 3. The van der Waals surface area contributed by atoms with Crippen molar-refractivity contribution in [3.8, 4) is 6.07 Å². The molecule has 0 atom stereocenters. The number of hydrogen-bond donors (Lipinski definition) is 0. The summed E-state index contributed by atoms with van der Waals surface area (Å²) in [5.74, 6) is 0.325. The third kappa shape index (κ3) is 3.05. The zero-order chi connectivity index (χ0) is 12.1. The van der Waals surface area contributed by atoms with Crippen molar-refractivity contribution in [3.05, 3.63) is 23.2 Å². The van der Waals surface area contributed by atoms with Crippen LogP contribution in [-0.2, 0) is 0 Å². The lowest BCUT2D eigenvalue weighted by Gasteiger charge is -2.21. The highest BCUT2D eigenvalue weighted by molar-refractivity contribution is 7.99. The molecule has 4 nitrogen and oxygen atoms in total. The molecule has 1 amide bonds. The maximum absolute atomic E-state index is 10.6. The first kappa shape index (κ1) is 12.7. The Bertz CT molecular complexity index is 445. The van der Waals surface area contributed by atoms with Gasteiger partial charge in [-0.05, 0) is 18.2 Å². The summed E-state index contributed by atoms with van der Waals surface area (Å²) in [6, 6.07) is 6.91. The Hall–Kier alpha value is -1.38. The molecule has 6 heteroatoms. The molecule has 0 bridgehead atoms. The quantitative estimate of drug-likeness (QED) is 0.772. The third-order valence-electron chi connectivity index (χ3n) is 1.86. The van der Waals surface area contributed by atoms with Crippen LogP contribution in [0.2, 0.25) is 5.02 Å². The molecule has 0 N–H and O–H groups in total. The van der Waals surface area contributed by atoms with Crippen LogP contribution in [0.25, 0.3) is 0 Å². The molecule has 0 radical (unpaired) electrons. The van der Waals surface area contributed by atoms with Crippen LogP contribution >= 0.6 is 23.4 Å². The molecule has 0 aliphatic heterocycles. The van der Waals surface area contributed by atoms with E-state index in [0.29, 0.717) is 16.5 Å². The van der Waals surface area contributed by atoms with Crippen molar-refractivity contribution >= 4 is 35.1 Å². The fraction of sp³-hybridized carbons (Fsp3) is 0.200. The van der Waals surface area contributed by atoms with Crippen molar-refractivity contribution in [2.75, 3.05) is 17.7 Å². The van der Waals surface area contributed by atoms with Crippen LogP contribution in [0.3, 0.4) is 0 Å². The van der Waals surface area contributed by atoms with Gasteiger partial charge in [0.2, 0.25) is 0 Å². The Morgan fingerprint density at radius 1 is 1.69 bits per heavy atom. The van der Waals surface area contributed by atoms with Crippen molar-refractivity contribution in [1.29, 1.82) is 5.26 Å². The van der Waals surface area contributed by atoms with Crippen LogP contribution in [0, 0.1) is 11.3 Å². The number of carbonyl (C=O) groups excluding carboxylic acids is 1. The number of nitriles is 1. The van der Waals surface area contributed by atoms with Gasteiger partial charge in [-0.1, -0.05) is 11.6 Å². The Morgan fingerprint density at radius 3 is 2.88 bits per heavy atom. The summed E-state index contributed by atoms with van der Waals surface area (Å²) in [6.07, 6.45) is -1.32. The van der Waals surface area contributed by atoms with E-state index in [0.717, 1.165) is 9.80 Å². The SMILES string of the molecule is CN(C(=O)[O-])c1ccc(SCC#N)cc1Cl. The van der Waals surface area contributed by atoms with Gasteiger partial charge in [0.05, 0.1) is 22.5 Å². The maximum Gasteiger partial charge on any atom is 0.141 e. The first-order valence-electron chi connectivity index (χ1n) is 4.30. The second kappa shape index (κ2) is 5.64. The molecule has 0 aliphatic rings. The highest BCUT2D eigenvalue weighted by Gasteiger charge is 2.07. The maximum atomic E-state index is 10.6.